The van der Waals surface area contributed by atoms with Crippen molar-refractivity contribution in [3.8, 4) is 5.75 Å². The zero-order valence-corrected chi connectivity index (χ0v) is 13.8. The van der Waals surface area contributed by atoms with Crippen LogP contribution in [-0.4, -0.2) is 36.2 Å². The first-order valence-electron chi connectivity index (χ1n) is 7.22. The predicted octanol–water partition coefficient (Wildman–Crippen LogP) is 2.73. The minimum Gasteiger partial charge on any atom is -0.505 e. The summed E-state index contributed by atoms with van der Waals surface area (Å²) < 4.78 is 0.938. The summed E-state index contributed by atoms with van der Waals surface area (Å²) in [5.41, 5.74) is 7.27. The normalized spacial score (nSPS) is 18.4. The second kappa shape index (κ2) is 6.78. The first-order chi connectivity index (χ1) is 9.50. The van der Waals surface area contributed by atoms with Gasteiger partial charge in [-0.25, -0.2) is 0 Å². The van der Waals surface area contributed by atoms with Gasteiger partial charge in [0, 0.05) is 42.3 Å². The smallest absolute Gasteiger partial charge is 0.144 e. The Labute approximate surface area is 129 Å². The van der Waals surface area contributed by atoms with Gasteiger partial charge in [0.15, 0.2) is 0 Å². The van der Waals surface area contributed by atoms with Crippen LogP contribution in [0.15, 0.2) is 16.6 Å². The number of nitrogen functional groups attached to an aromatic ring is 1. The summed E-state index contributed by atoms with van der Waals surface area (Å²) >= 11 is 3.58. The molecule has 0 bridgehead atoms. The van der Waals surface area contributed by atoms with Gasteiger partial charge in [0.05, 0.1) is 5.69 Å². The molecule has 4 N–H and O–H groups in total. The van der Waals surface area contributed by atoms with Crippen molar-refractivity contribution in [2.45, 2.75) is 26.3 Å². The van der Waals surface area contributed by atoms with E-state index in [1.807, 2.05) is 6.07 Å². The van der Waals surface area contributed by atoms with Crippen LogP contribution in [0.4, 0.5) is 5.69 Å². The second-order valence-electron chi connectivity index (χ2n) is 5.83. The van der Waals surface area contributed by atoms with E-state index in [1.165, 1.54) is 0 Å². The molecule has 1 aromatic rings. The number of phenols is 1. The number of nitrogens with one attached hydrogen (secondary N) is 1. The fourth-order valence-corrected chi connectivity index (χ4v) is 3.39. The molecular formula is C15H24BrN3O. The average Bonchev–Trinajstić information content (AvgIpc) is 2.43. The Morgan fingerprint density at radius 2 is 2.00 bits per heavy atom. The van der Waals surface area contributed by atoms with Crippen molar-refractivity contribution in [2.24, 2.45) is 5.92 Å². The molecule has 1 saturated heterocycles. The van der Waals surface area contributed by atoms with Crippen LogP contribution in [0.5, 0.6) is 5.75 Å². The van der Waals surface area contributed by atoms with E-state index in [-0.39, 0.29) is 11.8 Å². The van der Waals surface area contributed by atoms with Gasteiger partial charge in [-0.1, -0.05) is 29.8 Å². The molecule has 1 aliphatic heterocycles. The highest BCUT2D eigenvalue weighted by molar-refractivity contribution is 9.10. The summed E-state index contributed by atoms with van der Waals surface area (Å²) in [6, 6.07) is 3.88. The number of rotatable bonds is 4. The predicted molar refractivity (Wildman–Crippen MR) is 86.9 cm³/mol. The zero-order valence-electron chi connectivity index (χ0n) is 12.2. The molecule has 1 aromatic carbocycles. The molecule has 20 heavy (non-hydrogen) atoms. The van der Waals surface area contributed by atoms with E-state index in [9.17, 15) is 5.11 Å². The van der Waals surface area contributed by atoms with Crippen LogP contribution in [0.3, 0.4) is 0 Å². The molecule has 1 aliphatic rings. The van der Waals surface area contributed by atoms with E-state index in [2.05, 4.69) is 40.0 Å². The quantitative estimate of drug-likeness (QED) is 0.582. The van der Waals surface area contributed by atoms with Crippen LogP contribution in [0.25, 0.3) is 0 Å². The van der Waals surface area contributed by atoms with Crippen LogP contribution in [0, 0.1) is 5.92 Å². The number of halogens is 1. The molecule has 0 radical (unpaired) electrons. The van der Waals surface area contributed by atoms with Gasteiger partial charge < -0.3 is 16.2 Å². The van der Waals surface area contributed by atoms with E-state index < -0.39 is 0 Å². The molecule has 0 amide bonds. The summed E-state index contributed by atoms with van der Waals surface area (Å²) in [4.78, 5) is 2.44. The van der Waals surface area contributed by atoms with E-state index in [1.54, 1.807) is 6.07 Å². The maximum atomic E-state index is 10.4. The summed E-state index contributed by atoms with van der Waals surface area (Å²) in [6.07, 6.45) is 1.01. The number of aromatic hydroxyl groups is 1. The van der Waals surface area contributed by atoms with Gasteiger partial charge in [-0.15, -0.1) is 0 Å². The Bertz CT molecular complexity index is 459. The second-order valence-corrected chi connectivity index (χ2v) is 6.68. The number of benzene rings is 1. The minimum atomic E-state index is 0.204. The van der Waals surface area contributed by atoms with Crippen LogP contribution < -0.4 is 11.1 Å². The number of nitrogens with zero attached hydrogens (tertiary/aromatic N) is 1. The molecule has 1 heterocycles. The molecule has 2 rings (SSSR count). The fourth-order valence-electron chi connectivity index (χ4n) is 2.81. The molecular weight excluding hydrogens is 318 g/mol. The topological polar surface area (TPSA) is 61.5 Å². The summed E-state index contributed by atoms with van der Waals surface area (Å²) in [5.74, 6) is 0.783. The van der Waals surface area contributed by atoms with Gasteiger partial charge >= 0.3 is 0 Å². The molecule has 4 nitrogen and oxygen atoms in total. The van der Waals surface area contributed by atoms with Crippen LogP contribution in [-0.2, 0) is 0 Å². The average molecular weight is 342 g/mol. The third-order valence-corrected chi connectivity index (χ3v) is 4.51. The lowest BCUT2D eigenvalue weighted by Crippen LogP contribution is -2.45. The Morgan fingerprint density at radius 3 is 2.60 bits per heavy atom. The SMILES string of the molecule is CC(C)C[C@H](c1c(Br)ccc(N)c1O)N1CCNCC1. The number of anilines is 1. The molecule has 1 fully saturated rings. The zero-order chi connectivity index (χ0) is 14.7. The van der Waals surface area contributed by atoms with Crippen LogP contribution in [0.2, 0.25) is 0 Å². The van der Waals surface area contributed by atoms with Gasteiger partial charge in [0.2, 0.25) is 0 Å². The summed E-state index contributed by atoms with van der Waals surface area (Å²) in [7, 11) is 0. The Kier molecular flexibility index (Phi) is 5.29. The van der Waals surface area contributed by atoms with Crippen molar-refractivity contribution in [2.75, 3.05) is 31.9 Å². The van der Waals surface area contributed by atoms with Gasteiger partial charge in [-0.3, -0.25) is 4.90 Å². The highest BCUT2D eigenvalue weighted by Gasteiger charge is 2.27. The van der Waals surface area contributed by atoms with Gasteiger partial charge in [0.25, 0.3) is 0 Å². The van der Waals surface area contributed by atoms with Crippen molar-refractivity contribution in [3.05, 3.63) is 22.2 Å². The lowest BCUT2D eigenvalue weighted by molar-refractivity contribution is 0.151. The van der Waals surface area contributed by atoms with Crippen molar-refractivity contribution in [1.82, 2.24) is 10.2 Å². The Balaban J connectivity index is 2.37. The molecule has 0 aromatic heterocycles. The van der Waals surface area contributed by atoms with E-state index in [0.29, 0.717) is 11.6 Å². The van der Waals surface area contributed by atoms with E-state index in [0.717, 1.165) is 42.6 Å². The first-order valence-corrected chi connectivity index (χ1v) is 8.01. The molecule has 0 aliphatic carbocycles. The van der Waals surface area contributed by atoms with Crippen molar-refractivity contribution in [1.29, 1.82) is 0 Å². The van der Waals surface area contributed by atoms with Crippen molar-refractivity contribution < 1.29 is 5.11 Å². The first kappa shape index (κ1) is 15.6. The summed E-state index contributed by atoms with van der Waals surface area (Å²) in [6.45, 7) is 8.42. The van der Waals surface area contributed by atoms with E-state index in [4.69, 9.17) is 5.73 Å². The standard InChI is InChI=1S/C15H24BrN3O/c1-10(2)9-13(19-7-5-18-6-8-19)14-11(16)3-4-12(17)15(14)20/h3-4,10,13,18,20H,5-9,17H2,1-2H3/t13-/m1/s1. The highest BCUT2D eigenvalue weighted by atomic mass is 79.9. The third-order valence-electron chi connectivity index (χ3n) is 3.82. The van der Waals surface area contributed by atoms with Gasteiger partial charge in [0.1, 0.15) is 5.75 Å². The largest absolute Gasteiger partial charge is 0.505 e. The third kappa shape index (κ3) is 3.45. The molecule has 1 atom stereocenters. The highest BCUT2D eigenvalue weighted by Crippen LogP contribution is 2.41. The molecule has 0 unspecified atom stereocenters. The van der Waals surface area contributed by atoms with Crippen LogP contribution >= 0.6 is 15.9 Å². The number of nitrogens with two attached hydrogens (primary N) is 1. The molecule has 0 spiro atoms. The number of hydrogen-bond donors (Lipinski definition) is 3. The number of phenolic OH excluding ortho intramolecular Hbond substituents is 1. The fraction of sp³-hybridized carbons (Fsp3) is 0.600. The number of piperazine rings is 1. The van der Waals surface area contributed by atoms with Crippen LogP contribution in [0.1, 0.15) is 31.9 Å². The lowest BCUT2D eigenvalue weighted by atomic mass is 9.94. The molecule has 0 saturated carbocycles. The van der Waals surface area contributed by atoms with Gasteiger partial charge in [-0.2, -0.15) is 0 Å². The molecule has 112 valence electrons. The van der Waals surface area contributed by atoms with Crippen molar-refractivity contribution in [3.63, 3.8) is 0 Å². The number of hydrogen-bond acceptors (Lipinski definition) is 4. The Morgan fingerprint density at radius 1 is 1.35 bits per heavy atom. The monoisotopic (exact) mass is 341 g/mol. The maximum absolute atomic E-state index is 10.4. The summed E-state index contributed by atoms with van der Waals surface area (Å²) in [5, 5.41) is 13.8. The van der Waals surface area contributed by atoms with E-state index >= 15 is 0 Å². The molecule has 5 heteroatoms. The van der Waals surface area contributed by atoms with Crippen molar-refractivity contribution >= 4 is 21.6 Å². The Hall–Kier alpha value is -0.780. The minimum absolute atomic E-state index is 0.204. The maximum Gasteiger partial charge on any atom is 0.144 e. The van der Waals surface area contributed by atoms with Gasteiger partial charge in [-0.05, 0) is 24.5 Å². The lowest BCUT2D eigenvalue weighted by Gasteiger charge is -2.37.